The van der Waals surface area contributed by atoms with E-state index in [4.69, 9.17) is 22.1 Å². The summed E-state index contributed by atoms with van der Waals surface area (Å²) in [6, 6.07) is 8.21. The molecule has 2 rings (SSSR count). The summed E-state index contributed by atoms with van der Waals surface area (Å²) in [7, 11) is 0. The first-order chi connectivity index (χ1) is 8.60. The van der Waals surface area contributed by atoms with Crippen molar-refractivity contribution in [2.75, 3.05) is 19.6 Å². The summed E-state index contributed by atoms with van der Waals surface area (Å²) in [6.45, 7) is 6.68. The summed E-state index contributed by atoms with van der Waals surface area (Å²) < 4.78 is 5.76. The number of ether oxygens (including phenoxy) is 1. The van der Waals surface area contributed by atoms with E-state index in [9.17, 15) is 0 Å². The predicted molar refractivity (Wildman–Crippen MR) is 74.8 cm³/mol. The van der Waals surface area contributed by atoms with E-state index in [1.807, 2.05) is 12.1 Å². The third-order valence-corrected chi connectivity index (χ3v) is 3.62. The third kappa shape index (κ3) is 3.23. The zero-order valence-corrected chi connectivity index (χ0v) is 11.7. The normalized spacial score (nSPS) is 27.1. The van der Waals surface area contributed by atoms with Gasteiger partial charge >= 0.3 is 0 Å². The molecule has 0 spiro atoms. The average Bonchev–Trinajstić information content (AvgIpc) is 2.31. The van der Waals surface area contributed by atoms with E-state index in [1.54, 1.807) is 0 Å². The maximum atomic E-state index is 5.95. The summed E-state index contributed by atoms with van der Waals surface area (Å²) in [4.78, 5) is 2.40. The van der Waals surface area contributed by atoms with Gasteiger partial charge in [-0.1, -0.05) is 23.7 Å². The van der Waals surface area contributed by atoms with E-state index in [0.717, 1.165) is 18.1 Å². The van der Waals surface area contributed by atoms with Crippen molar-refractivity contribution < 1.29 is 4.74 Å². The molecule has 0 aromatic heterocycles. The first-order valence-electron chi connectivity index (χ1n) is 6.45. The molecular weight excluding hydrogens is 248 g/mol. The number of nitrogens with two attached hydrogens (primary N) is 1. The van der Waals surface area contributed by atoms with Crippen molar-refractivity contribution in [3.63, 3.8) is 0 Å². The van der Waals surface area contributed by atoms with Crippen molar-refractivity contribution in [1.82, 2.24) is 4.90 Å². The van der Waals surface area contributed by atoms with E-state index in [2.05, 4.69) is 30.9 Å². The number of hydrogen-bond donors (Lipinski definition) is 1. The van der Waals surface area contributed by atoms with Crippen LogP contribution in [0, 0.1) is 0 Å². The van der Waals surface area contributed by atoms with E-state index in [0.29, 0.717) is 6.54 Å². The fraction of sp³-hybridized carbons (Fsp3) is 0.571. The fourth-order valence-corrected chi connectivity index (χ4v) is 2.78. The van der Waals surface area contributed by atoms with Crippen LogP contribution in [0.2, 0.25) is 5.02 Å². The van der Waals surface area contributed by atoms with E-state index in [1.165, 1.54) is 5.56 Å². The topological polar surface area (TPSA) is 38.5 Å². The fourth-order valence-electron chi connectivity index (χ4n) is 2.65. The molecule has 1 aromatic rings. The molecule has 0 amide bonds. The summed E-state index contributed by atoms with van der Waals surface area (Å²) in [6.07, 6.45) is 0.519. The van der Waals surface area contributed by atoms with Gasteiger partial charge in [0, 0.05) is 30.7 Å². The van der Waals surface area contributed by atoms with Gasteiger partial charge in [0.2, 0.25) is 0 Å². The molecule has 1 heterocycles. The van der Waals surface area contributed by atoms with Crippen molar-refractivity contribution in [2.24, 2.45) is 5.73 Å². The van der Waals surface area contributed by atoms with Gasteiger partial charge in [0.1, 0.15) is 0 Å². The quantitative estimate of drug-likeness (QED) is 0.915. The van der Waals surface area contributed by atoms with Crippen LogP contribution >= 0.6 is 11.6 Å². The monoisotopic (exact) mass is 268 g/mol. The molecule has 18 heavy (non-hydrogen) atoms. The minimum atomic E-state index is 0.246. The molecular formula is C14H21ClN2O. The van der Waals surface area contributed by atoms with Crippen LogP contribution in [-0.4, -0.2) is 36.7 Å². The Morgan fingerprint density at radius 2 is 1.83 bits per heavy atom. The Labute approximate surface area is 114 Å². The molecule has 0 bridgehead atoms. The molecule has 0 radical (unpaired) electrons. The minimum absolute atomic E-state index is 0.246. The molecule has 1 aliphatic heterocycles. The summed E-state index contributed by atoms with van der Waals surface area (Å²) in [5.74, 6) is 0. The number of morpholine rings is 1. The minimum Gasteiger partial charge on any atom is -0.373 e. The number of benzene rings is 1. The highest BCUT2D eigenvalue weighted by atomic mass is 35.5. The SMILES string of the molecule is C[C@@H]1CN([C@H](CN)c2ccc(Cl)cc2)C[C@@H](C)O1. The Morgan fingerprint density at radius 3 is 2.33 bits per heavy atom. The second-order valence-corrected chi connectivity index (χ2v) is 5.45. The van der Waals surface area contributed by atoms with Crippen LogP contribution < -0.4 is 5.73 Å². The van der Waals surface area contributed by atoms with Crippen LogP contribution in [0.15, 0.2) is 24.3 Å². The zero-order chi connectivity index (χ0) is 13.1. The lowest BCUT2D eigenvalue weighted by Gasteiger charge is -2.40. The molecule has 1 fully saturated rings. The van der Waals surface area contributed by atoms with Crippen molar-refractivity contribution in [3.8, 4) is 0 Å². The smallest absolute Gasteiger partial charge is 0.0678 e. The number of halogens is 1. The number of nitrogens with zero attached hydrogens (tertiary/aromatic N) is 1. The van der Waals surface area contributed by atoms with Crippen LogP contribution in [0.1, 0.15) is 25.5 Å². The van der Waals surface area contributed by atoms with Gasteiger partial charge in [0.05, 0.1) is 12.2 Å². The Hall–Kier alpha value is -0.610. The Morgan fingerprint density at radius 1 is 1.28 bits per heavy atom. The molecule has 4 heteroatoms. The third-order valence-electron chi connectivity index (χ3n) is 3.37. The van der Waals surface area contributed by atoms with Gasteiger partial charge < -0.3 is 10.5 Å². The van der Waals surface area contributed by atoms with Gasteiger partial charge in [-0.3, -0.25) is 4.90 Å². The highest BCUT2D eigenvalue weighted by Crippen LogP contribution is 2.25. The maximum absolute atomic E-state index is 5.95. The van der Waals surface area contributed by atoms with Crippen molar-refractivity contribution in [1.29, 1.82) is 0 Å². The highest BCUT2D eigenvalue weighted by Gasteiger charge is 2.27. The van der Waals surface area contributed by atoms with Crippen LogP contribution in [0.25, 0.3) is 0 Å². The first-order valence-corrected chi connectivity index (χ1v) is 6.83. The van der Waals surface area contributed by atoms with E-state index < -0.39 is 0 Å². The average molecular weight is 269 g/mol. The Bertz CT molecular complexity index is 372. The highest BCUT2D eigenvalue weighted by molar-refractivity contribution is 6.30. The molecule has 3 atom stereocenters. The second-order valence-electron chi connectivity index (χ2n) is 5.01. The summed E-state index contributed by atoms with van der Waals surface area (Å²) >= 11 is 5.93. The Balaban J connectivity index is 2.14. The van der Waals surface area contributed by atoms with Gasteiger partial charge in [-0.05, 0) is 31.5 Å². The van der Waals surface area contributed by atoms with Crippen LogP contribution in [0.3, 0.4) is 0 Å². The van der Waals surface area contributed by atoms with E-state index >= 15 is 0 Å². The van der Waals surface area contributed by atoms with Crippen LogP contribution in [-0.2, 0) is 4.74 Å². The lowest BCUT2D eigenvalue weighted by molar-refractivity contribution is -0.0799. The second kappa shape index (κ2) is 6.02. The lowest BCUT2D eigenvalue weighted by Crippen LogP contribution is -2.48. The first kappa shape index (κ1) is 13.8. The van der Waals surface area contributed by atoms with Gasteiger partial charge in [0.25, 0.3) is 0 Å². The molecule has 1 aromatic carbocycles. The molecule has 100 valence electrons. The van der Waals surface area contributed by atoms with Gasteiger partial charge in [-0.15, -0.1) is 0 Å². The molecule has 1 aliphatic rings. The largest absolute Gasteiger partial charge is 0.373 e. The van der Waals surface area contributed by atoms with Crippen molar-refractivity contribution >= 4 is 11.6 Å². The van der Waals surface area contributed by atoms with Crippen LogP contribution in [0.4, 0.5) is 0 Å². The van der Waals surface area contributed by atoms with E-state index in [-0.39, 0.29) is 18.2 Å². The molecule has 1 saturated heterocycles. The van der Waals surface area contributed by atoms with Gasteiger partial charge in [-0.2, -0.15) is 0 Å². The molecule has 3 nitrogen and oxygen atoms in total. The number of rotatable bonds is 3. The number of hydrogen-bond acceptors (Lipinski definition) is 3. The van der Waals surface area contributed by atoms with Crippen molar-refractivity contribution in [2.45, 2.75) is 32.1 Å². The Kier molecular flexibility index (Phi) is 4.62. The van der Waals surface area contributed by atoms with Gasteiger partial charge in [-0.25, -0.2) is 0 Å². The summed E-state index contributed by atoms with van der Waals surface area (Å²) in [5.41, 5.74) is 7.17. The lowest BCUT2D eigenvalue weighted by atomic mass is 10.0. The van der Waals surface area contributed by atoms with Crippen LogP contribution in [0.5, 0.6) is 0 Å². The molecule has 0 saturated carbocycles. The predicted octanol–water partition coefficient (Wildman–Crippen LogP) is 2.45. The maximum Gasteiger partial charge on any atom is 0.0678 e. The van der Waals surface area contributed by atoms with Gasteiger partial charge in [0.15, 0.2) is 0 Å². The zero-order valence-electron chi connectivity index (χ0n) is 11.0. The van der Waals surface area contributed by atoms with Crippen molar-refractivity contribution in [3.05, 3.63) is 34.9 Å². The molecule has 0 aliphatic carbocycles. The standard InChI is InChI=1S/C14H21ClN2O/c1-10-8-17(9-11(2)18-10)14(7-16)12-3-5-13(15)6-4-12/h3-6,10-11,14H,7-9,16H2,1-2H3/t10-,11-,14-/m1/s1. The summed E-state index contributed by atoms with van der Waals surface area (Å²) in [5, 5.41) is 0.762. The molecule has 2 N–H and O–H groups in total. The molecule has 0 unspecified atom stereocenters.